The zero-order valence-corrected chi connectivity index (χ0v) is 17.7. The topological polar surface area (TPSA) is 100 Å². The number of carbonyl (C=O) groups excluding carboxylic acids is 1. The molecule has 0 unspecified atom stereocenters. The van der Waals surface area contributed by atoms with E-state index in [0.717, 1.165) is 41.3 Å². The minimum absolute atomic E-state index is 0.0249. The third-order valence-electron chi connectivity index (χ3n) is 6.36. The van der Waals surface area contributed by atoms with Gasteiger partial charge in [0.2, 0.25) is 5.95 Å². The summed E-state index contributed by atoms with van der Waals surface area (Å²) in [6.07, 6.45) is 10.5. The van der Waals surface area contributed by atoms with E-state index in [0.29, 0.717) is 17.4 Å². The van der Waals surface area contributed by atoms with Crippen LogP contribution in [0.1, 0.15) is 60.5 Å². The first-order chi connectivity index (χ1) is 15.7. The Hall–Kier alpha value is -3.68. The van der Waals surface area contributed by atoms with Crippen molar-refractivity contribution in [2.24, 2.45) is 0 Å². The lowest BCUT2D eigenvalue weighted by atomic mass is 10.1. The van der Waals surface area contributed by atoms with Crippen molar-refractivity contribution in [3.63, 3.8) is 0 Å². The van der Waals surface area contributed by atoms with E-state index in [1.807, 2.05) is 47.0 Å². The Morgan fingerprint density at radius 1 is 1.09 bits per heavy atom. The number of H-pyrrole nitrogens is 1. The highest BCUT2D eigenvalue weighted by atomic mass is 16.1. The van der Waals surface area contributed by atoms with Gasteiger partial charge in [0.05, 0.1) is 5.69 Å². The molecule has 162 valence electrons. The zero-order chi connectivity index (χ0) is 21.5. The summed E-state index contributed by atoms with van der Waals surface area (Å²) in [4.78, 5) is 22.0. The maximum Gasteiger partial charge on any atom is 0.251 e. The Morgan fingerprint density at radius 3 is 2.81 bits per heavy atom. The molecule has 6 rings (SSSR count). The summed E-state index contributed by atoms with van der Waals surface area (Å²) in [5.41, 5.74) is 4.20. The van der Waals surface area contributed by atoms with E-state index in [2.05, 4.69) is 25.8 Å². The lowest BCUT2D eigenvalue weighted by Crippen LogP contribution is -2.32. The van der Waals surface area contributed by atoms with E-state index in [1.54, 1.807) is 6.20 Å². The van der Waals surface area contributed by atoms with Gasteiger partial charge in [-0.25, -0.2) is 9.97 Å². The molecular weight excluding hydrogens is 402 g/mol. The second kappa shape index (κ2) is 7.78. The molecule has 32 heavy (non-hydrogen) atoms. The number of amides is 1. The van der Waals surface area contributed by atoms with Gasteiger partial charge in [-0.2, -0.15) is 5.10 Å². The Kier molecular flexibility index (Phi) is 4.63. The maximum atomic E-state index is 12.8. The number of hydrogen-bond donors (Lipinski definition) is 3. The molecule has 8 nitrogen and oxygen atoms in total. The first-order valence-electron chi connectivity index (χ1n) is 11.3. The van der Waals surface area contributed by atoms with Gasteiger partial charge in [-0.1, -0.05) is 25.0 Å². The molecule has 2 fully saturated rings. The Balaban J connectivity index is 1.31. The average Bonchev–Trinajstić information content (AvgIpc) is 3.19. The molecule has 8 heteroatoms. The molecule has 0 atom stereocenters. The lowest BCUT2D eigenvalue weighted by molar-refractivity contribution is 0.0938. The molecule has 4 aromatic rings. The number of imidazole rings is 1. The molecule has 1 amide bonds. The smallest absolute Gasteiger partial charge is 0.251 e. The Morgan fingerprint density at radius 2 is 1.97 bits per heavy atom. The molecule has 3 aromatic heterocycles. The number of carbonyl (C=O) groups is 1. The summed E-state index contributed by atoms with van der Waals surface area (Å²) in [6.45, 7) is 0. The Bertz CT molecular complexity index is 1280. The van der Waals surface area contributed by atoms with Crippen molar-refractivity contribution in [1.29, 1.82) is 0 Å². The minimum Gasteiger partial charge on any atom is -0.349 e. The molecule has 0 bridgehead atoms. The summed E-state index contributed by atoms with van der Waals surface area (Å²) < 4.78 is 1.89. The third kappa shape index (κ3) is 3.72. The van der Waals surface area contributed by atoms with Crippen LogP contribution in [-0.2, 0) is 0 Å². The molecule has 0 saturated heterocycles. The van der Waals surface area contributed by atoms with Crippen LogP contribution in [0.25, 0.3) is 16.9 Å². The predicted molar refractivity (Wildman–Crippen MR) is 122 cm³/mol. The normalized spacial score (nSPS) is 16.5. The molecule has 3 heterocycles. The summed E-state index contributed by atoms with van der Waals surface area (Å²) in [7, 11) is 0. The maximum absolute atomic E-state index is 12.8. The summed E-state index contributed by atoms with van der Waals surface area (Å²) in [6, 6.07) is 11.9. The van der Waals surface area contributed by atoms with Crippen molar-refractivity contribution in [2.75, 3.05) is 5.32 Å². The van der Waals surface area contributed by atoms with Crippen molar-refractivity contribution in [3.8, 4) is 11.3 Å². The van der Waals surface area contributed by atoms with Gasteiger partial charge in [-0.05, 0) is 37.8 Å². The van der Waals surface area contributed by atoms with Crippen LogP contribution in [0.4, 0.5) is 11.8 Å². The average molecular weight is 428 g/mol. The summed E-state index contributed by atoms with van der Waals surface area (Å²) >= 11 is 0. The number of rotatable bonds is 6. The van der Waals surface area contributed by atoms with Gasteiger partial charge in [0.15, 0.2) is 5.82 Å². The standard InChI is InChI=1S/C24H25N7O/c32-23(26-18-6-1-2-7-18)17-5-3-4-16(12-17)19-14-22-25-10-11-31(22)24(27-19)28-21-13-20(29-30-21)15-8-9-15/h3-5,10-15,18H,1-2,6-9H2,(H,26,32)(H2,27,28,29,30). The second-order valence-corrected chi connectivity index (χ2v) is 8.76. The quantitative estimate of drug-likeness (QED) is 0.423. The molecule has 2 aliphatic carbocycles. The summed E-state index contributed by atoms with van der Waals surface area (Å²) in [5, 5.41) is 14.0. The van der Waals surface area contributed by atoms with E-state index < -0.39 is 0 Å². The summed E-state index contributed by atoms with van der Waals surface area (Å²) in [5.74, 6) is 1.94. The lowest BCUT2D eigenvalue weighted by Gasteiger charge is -2.13. The molecule has 0 radical (unpaired) electrons. The molecular formula is C24H25N7O. The number of aromatic nitrogens is 5. The van der Waals surface area contributed by atoms with Crippen LogP contribution in [0.5, 0.6) is 0 Å². The van der Waals surface area contributed by atoms with Crippen molar-refractivity contribution in [2.45, 2.75) is 50.5 Å². The third-order valence-corrected chi connectivity index (χ3v) is 6.36. The van der Waals surface area contributed by atoms with Crippen LogP contribution in [-0.4, -0.2) is 36.5 Å². The highest BCUT2D eigenvalue weighted by Crippen LogP contribution is 2.39. The van der Waals surface area contributed by atoms with Crippen LogP contribution < -0.4 is 10.6 Å². The van der Waals surface area contributed by atoms with Crippen molar-refractivity contribution in [3.05, 3.63) is 60.0 Å². The fourth-order valence-corrected chi connectivity index (χ4v) is 4.44. The molecule has 1 aromatic carbocycles. The highest BCUT2D eigenvalue weighted by molar-refractivity contribution is 5.95. The van der Waals surface area contributed by atoms with E-state index in [1.165, 1.54) is 25.7 Å². The second-order valence-electron chi connectivity index (χ2n) is 8.76. The highest BCUT2D eigenvalue weighted by Gasteiger charge is 2.25. The van der Waals surface area contributed by atoms with Gasteiger partial charge in [-0.3, -0.25) is 14.3 Å². The van der Waals surface area contributed by atoms with Gasteiger partial charge < -0.3 is 10.6 Å². The van der Waals surface area contributed by atoms with E-state index >= 15 is 0 Å². The number of nitrogens with one attached hydrogen (secondary N) is 3. The van der Waals surface area contributed by atoms with Crippen LogP contribution in [0.2, 0.25) is 0 Å². The number of anilines is 2. The number of nitrogens with zero attached hydrogens (tertiary/aromatic N) is 4. The fraction of sp³-hybridized carbons (Fsp3) is 0.333. The molecule has 2 aliphatic rings. The molecule has 0 spiro atoms. The molecule has 0 aliphatic heterocycles. The molecule has 2 saturated carbocycles. The largest absolute Gasteiger partial charge is 0.349 e. The van der Waals surface area contributed by atoms with Crippen LogP contribution >= 0.6 is 0 Å². The van der Waals surface area contributed by atoms with E-state index in [-0.39, 0.29) is 11.9 Å². The minimum atomic E-state index is -0.0249. The van der Waals surface area contributed by atoms with E-state index in [4.69, 9.17) is 4.98 Å². The number of hydrogen-bond acceptors (Lipinski definition) is 5. The first kappa shape index (κ1) is 19.0. The van der Waals surface area contributed by atoms with Gasteiger partial charge >= 0.3 is 0 Å². The molecule has 3 N–H and O–H groups in total. The van der Waals surface area contributed by atoms with Crippen LogP contribution in [0.15, 0.2) is 48.8 Å². The van der Waals surface area contributed by atoms with Crippen molar-refractivity contribution >= 4 is 23.3 Å². The van der Waals surface area contributed by atoms with Crippen molar-refractivity contribution < 1.29 is 4.79 Å². The van der Waals surface area contributed by atoms with Gasteiger partial charge in [0, 0.05) is 53.3 Å². The van der Waals surface area contributed by atoms with Gasteiger partial charge in [0.1, 0.15) is 5.65 Å². The van der Waals surface area contributed by atoms with Gasteiger partial charge in [0.25, 0.3) is 5.91 Å². The monoisotopic (exact) mass is 427 g/mol. The van der Waals surface area contributed by atoms with Crippen LogP contribution in [0.3, 0.4) is 0 Å². The van der Waals surface area contributed by atoms with Crippen molar-refractivity contribution in [1.82, 2.24) is 29.9 Å². The Labute approximate surface area is 185 Å². The predicted octanol–water partition coefficient (Wildman–Crippen LogP) is 4.41. The zero-order valence-electron chi connectivity index (χ0n) is 17.7. The number of benzene rings is 1. The van der Waals surface area contributed by atoms with Crippen LogP contribution in [0, 0.1) is 0 Å². The van der Waals surface area contributed by atoms with E-state index in [9.17, 15) is 4.79 Å². The number of aromatic amines is 1. The SMILES string of the molecule is O=C(NC1CCCC1)c1cccc(-c2cc3nccn3c(Nc3cc(C4CC4)[nH]n3)n2)c1. The number of fused-ring (bicyclic) bond motifs is 1. The fourth-order valence-electron chi connectivity index (χ4n) is 4.44. The van der Waals surface area contributed by atoms with Gasteiger partial charge in [-0.15, -0.1) is 0 Å². The first-order valence-corrected chi connectivity index (χ1v) is 11.3.